The Kier molecular flexibility index (Phi) is 5.76. The first-order valence-electron chi connectivity index (χ1n) is 7.38. The molecule has 5 heteroatoms. The van der Waals surface area contributed by atoms with Crippen LogP contribution in [0.2, 0.25) is 0 Å². The van der Waals surface area contributed by atoms with Crippen molar-refractivity contribution in [1.82, 2.24) is 0 Å². The minimum atomic E-state index is -0.640. The predicted octanol–water partition coefficient (Wildman–Crippen LogP) is 4.15. The third-order valence-electron chi connectivity index (χ3n) is 3.90. The first kappa shape index (κ1) is 17.3. The fraction of sp³-hybridized carbons (Fsp3) is 0.263. The second kappa shape index (κ2) is 7.99. The van der Waals surface area contributed by atoms with Crippen molar-refractivity contribution in [3.8, 4) is 23.6 Å². The van der Waals surface area contributed by atoms with E-state index in [1.54, 1.807) is 30.3 Å². The Hall–Kier alpha value is -3.05. The van der Waals surface area contributed by atoms with Crippen LogP contribution in [0.3, 0.4) is 0 Å². The van der Waals surface area contributed by atoms with Gasteiger partial charge in [0.25, 0.3) is 0 Å². The van der Waals surface area contributed by atoms with Crippen molar-refractivity contribution in [1.29, 1.82) is 10.5 Å². The molecule has 2 atom stereocenters. The third kappa shape index (κ3) is 3.64. The van der Waals surface area contributed by atoms with Crippen LogP contribution in [-0.4, -0.2) is 14.2 Å². The van der Waals surface area contributed by atoms with Gasteiger partial charge in [-0.3, -0.25) is 0 Å². The van der Waals surface area contributed by atoms with Crippen LogP contribution >= 0.6 is 0 Å². The van der Waals surface area contributed by atoms with E-state index < -0.39 is 17.7 Å². The Morgan fingerprint density at radius 2 is 1.75 bits per heavy atom. The molecule has 0 spiro atoms. The van der Waals surface area contributed by atoms with Gasteiger partial charge in [0.15, 0.2) is 11.5 Å². The number of nitrogens with zero attached hydrogens (tertiary/aromatic N) is 2. The van der Waals surface area contributed by atoms with Crippen LogP contribution < -0.4 is 9.47 Å². The largest absolute Gasteiger partial charge is 0.493 e. The van der Waals surface area contributed by atoms with E-state index in [1.807, 2.05) is 0 Å². The number of hydrogen-bond acceptors (Lipinski definition) is 4. The predicted molar refractivity (Wildman–Crippen MR) is 87.3 cm³/mol. The summed E-state index contributed by atoms with van der Waals surface area (Å²) in [4.78, 5) is 0. The van der Waals surface area contributed by atoms with Gasteiger partial charge in [0.1, 0.15) is 5.82 Å². The number of nitriles is 2. The maximum Gasteiger partial charge on any atom is 0.160 e. The van der Waals surface area contributed by atoms with Gasteiger partial charge in [0.05, 0.1) is 32.3 Å². The maximum absolute atomic E-state index is 13.5. The van der Waals surface area contributed by atoms with Crippen LogP contribution in [-0.2, 0) is 0 Å². The molecule has 0 saturated carbocycles. The summed E-state index contributed by atoms with van der Waals surface area (Å²) in [6, 6.07) is 15.5. The van der Waals surface area contributed by atoms with Crippen molar-refractivity contribution >= 4 is 0 Å². The lowest BCUT2D eigenvalue weighted by Gasteiger charge is -2.21. The second-order valence-corrected chi connectivity index (χ2v) is 5.24. The zero-order valence-corrected chi connectivity index (χ0v) is 13.5. The number of benzene rings is 2. The summed E-state index contributed by atoms with van der Waals surface area (Å²) in [5.41, 5.74) is 1.32. The Morgan fingerprint density at radius 3 is 2.33 bits per heavy atom. The van der Waals surface area contributed by atoms with Crippen LogP contribution in [0.4, 0.5) is 4.39 Å². The Bertz CT molecular complexity index is 793. The summed E-state index contributed by atoms with van der Waals surface area (Å²) >= 11 is 0. The summed E-state index contributed by atoms with van der Waals surface area (Å²) in [6.45, 7) is 0. The summed E-state index contributed by atoms with van der Waals surface area (Å²) in [6.07, 6.45) is 0.129. The number of hydrogen-bond donors (Lipinski definition) is 0. The molecule has 2 aromatic rings. The van der Waals surface area contributed by atoms with Gasteiger partial charge in [0.2, 0.25) is 0 Å². The van der Waals surface area contributed by atoms with Crippen molar-refractivity contribution in [2.24, 2.45) is 0 Å². The Labute approximate surface area is 140 Å². The van der Waals surface area contributed by atoms with Crippen LogP contribution in [0.1, 0.15) is 29.4 Å². The summed E-state index contributed by atoms with van der Waals surface area (Å²) in [5.74, 6) is -0.360. The van der Waals surface area contributed by atoms with Gasteiger partial charge >= 0.3 is 0 Å². The molecule has 0 aliphatic heterocycles. The van der Waals surface area contributed by atoms with E-state index in [9.17, 15) is 14.9 Å². The molecule has 0 unspecified atom stereocenters. The average molecular weight is 324 g/mol. The molecule has 0 fully saturated rings. The highest BCUT2D eigenvalue weighted by Crippen LogP contribution is 2.39. The van der Waals surface area contributed by atoms with E-state index in [2.05, 4.69) is 12.1 Å². The van der Waals surface area contributed by atoms with Crippen molar-refractivity contribution in [3.05, 3.63) is 59.4 Å². The molecule has 0 aliphatic rings. The minimum absolute atomic E-state index is 0.129. The maximum atomic E-state index is 13.5. The van der Waals surface area contributed by atoms with Gasteiger partial charge in [-0.2, -0.15) is 10.5 Å². The molecule has 0 aliphatic carbocycles. The van der Waals surface area contributed by atoms with Crippen LogP contribution in [0.25, 0.3) is 0 Å². The third-order valence-corrected chi connectivity index (χ3v) is 3.90. The molecular weight excluding hydrogens is 307 g/mol. The molecule has 24 heavy (non-hydrogen) atoms. The lowest BCUT2D eigenvalue weighted by molar-refractivity contribution is 0.354. The number of rotatable bonds is 6. The molecule has 0 bridgehead atoms. The van der Waals surface area contributed by atoms with Crippen LogP contribution in [0.5, 0.6) is 11.5 Å². The van der Waals surface area contributed by atoms with E-state index in [1.165, 1.54) is 26.4 Å². The molecule has 4 nitrogen and oxygen atoms in total. The molecule has 2 aromatic carbocycles. The fourth-order valence-corrected chi connectivity index (χ4v) is 2.71. The zero-order valence-electron chi connectivity index (χ0n) is 13.5. The molecule has 0 amide bonds. The molecule has 0 aromatic heterocycles. The van der Waals surface area contributed by atoms with E-state index in [4.69, 9.17) is 9.47 Å². The summed E-state index contributed by atoms with van der Waals surface area (Å²) in [7, 11) is 3.06. The highest BCUT2D eigenvalue weighted by molar-refractivity contribution is 5.45. The molecule has 0 saturated heterocycles. The fourth-order valence-electron chi connectivity index (χ4n) is 2.71. The molecule has 122 valence electrons. The molecule has 2 rings (SSSR count). The molecule has 0 heterocycles. The van der Waals surface area contributed by atoms with Gasteiger partial charge in [0, 0.05) is 12.3 Å². The highest BCUT2D eigenvalue weighted by Gasteiger charge is 2.26. The van der Waals surface area contributed by atoms with Gasteiger partial charge < -0.3 is 9.47 Å². The first-order valence-corrected chi connectivity index (χ1v) is 7.38. The van der Waals surface area contributed by atoms with Crippen molar-refractivity contribution in [3.63, 3.8) is 0 Å². The van der Waals surface area contributed by atoms with Crippen molar-refractivity contribution < 1.29 is 13.9 Å². The van der Waals surface area contributed by atoms with E-state index in [-0.39, 0.29) is 6.42 Å². The Balaban J connectivity index is 2.48. The highest BCUT2D eigenvalue weighted by atomic mass is 19.1. The molecule has 0 N–H and O–H groups in total. The van der Waals surface area contributed by atoms with Gasteiger partial charge in [-0.15, -0.1) is 0 Å². The average Bonchev–Trinajstić information content (AvgIpc) is 2.61. The Morgan fingerprint density at radius 1 is 1.00 bits per heavy atom. The van der Waals surface area contributed by atoms with Gasteiger partial charge in [-0.05, 0) is 35.4 Å². The normalized spacial score (nSPS) is 12.5. The molecular formula is C19H17FN2O2. The minimum Gasteiger partial charge on any atom is -0.493 e. The lowest BCUT2D eigenvalue weighted by Crippen LogP contribution is -2.10. The van der Waals surface area contributed by atoms with E-state index in [0.717, 1.165) is 5.56 Å². The smallest absolute Gasteiger partial charge is 0.160 e. The SMILES string of the molecule is COc1ccc([C@@H](CC#N)[C@@H](C#N)c2cccc(F)c2)cc1OC. The monoisotopic (exact) mass is 324 g/mol. The number of ether oxygens (including phenoxy) is 2. The second-order valence-electron chi connectivity index (χ2n) is 5.24. The van der Waals surface area contributed by atoms with Gasteiger partial charge in [-0.25, -0.2) is 4.39 Å². The van der Waals surface area contributed by atoms with E-state index in [0.29, 0.717) is 17.1 Å². The lowest BCUT2D eigenvalue weighted by atomic mass is 9.80. The summed E-state index contributed by atoms with van der Waals surface area (Å²) in [5, 5.41) is 18.8. The molecule has 0 radical (unpaired) electrons. The van der Waals surface area contributed by atoms with E-state index >= 15 is 0 Å². The standard InChI is InChI=1S/C19H17FN2O2/c1-23-18-7-6-14(11-19(18)24-2)16(8-9-21)17(12-22)13-4-3-5-15(20)10-13/h3-7,10-11,16-17H,8H2,1-2H3/t16-,17+/m1/s1. The first-order chi connectivity index (χ1) is 11.6. The topological polar surface area (TPSA) is 66.0 Å². The quantitative estimate of drug-likeness (QED) is 0.800. The van der Waals surface area contributed by atoms with Crippen LogP contribution in [0, 0.1) is 28.5 Å². The van der Waals surface area contributed by atoms with Crippen LogP contribution in [0.15, 0.2) is 42.5 Å². The summed E-state index contributed by atoms with van der Waals surface area (Å²) < 4.78 is 24.0. The van der Waals surface area contributed by atoms with Crippen molar-refractivity contribution in [2.45, 2.75) is 18.3 Å². The number of halogens is 1. The van der Waals surface area contributed by atoms with Gasteiger partial charge in [-0.1, -0.05) is 18.2 Å². The zero-order chi connectivity index (χ0) is 17.5. The van der Waals surface area contributed by atoms with Crippen molar-refractivity contribution in [2.75, 3.05) is 14.2 Å². The number of methoxy groups -OCH3 is 2.